The quantitative estimate of drug-likeness (QED) is 0.684. The lowest BCUT2D eigenvalue weighted by atomic mass is 10.2. The molecule has 0 aromatic heterocycles. The third-order valence-electron chi connectivity index (χ3n) is 3.37. The smallest absolute Gasteiger partial charge is 0.243 e. The Balaban J connectivity index is 1.92. The van der Waals surface area contributed by atoms with E-state index in [1.54, 1.807) is 7.05 Å². The SMILES string of the molecule is CN1C(=O)CCC1C(=O)NC1CCS(=O)(=O)C1. The molecule has 2 saturated heterocycles. The predicted molar refractivity (Wildman–Crippen MR) is 61.0 cm³/mol. The summed E-state index contributed by atoms with van der Waals surface area (Å²) in [5, 5.41) is 2.72. The average Bonchev–Trinajstić information content (AvgIpc) is 2.72. The molecular weight excluding hydrogens is 244 g/mol. The lowest BCUT2D eigenvalue weighted by Crippen LogP contribution is -2.46. The summed E-state index contributed by atoms with van der Waals surface area (Å²) in [7, 11) is -1.38. The summed E-state index contributed by atoms with van der Waals surface area (Å²) >= 11 is 0. The second-order valence-corrected chi connectivity index (χ2v) is 6.90. The van der Waals surface area contributed by atoms with Gasteiger partial charge in [0, 0.05) is 19.5 Å². The molecule has 2 unspecified atom stereocenters. The molecule has 2 fully saturated rings. The molecule has 0 saturated carbocycles. The van der Waals surface area contributed by atoms with Crippen LogP contribution in [-0.2, 0) is 19.4 Å². The molecule has 2 heterocycles. The van der Waals surface area contributed by atoms with Crippen LogP contribution in [0.3, 0.4) is 0 Å². The molecule has 7 heteroatoms. The van der Waals surface area contributed by atoms with Crippen molar-refractivity contribution >= 4 is 21.7 Å². The van der Waals surface area contributed by atoms with Crippen molar-refractivity contribution in [2.24, 2.45) is 0 Å². The molecule has 0 spiro atoms. The van der Waals surface area contributed by atoms with Gasteiger partial charge in [-0.3, -0.25) is 9.59 Å². The number of hydrogen-bond donors (Lipinski definition) is 1. The summed E-state index contributed by atoms with van der Waals surface area (Å²) in [6.07, 6.45) is 1.37. The maximum atomic E-state index is 11.9. The number of carbonyl (C=O) groups excluding carboxylic acids is 2. The first-order valence-corrected chi connectivity index (χ1v) is 7.47. The molecule has 0 bridgehead atoms. The van der Waals surface area contributed by atoms with Crippen LogP contribution in [0.15, 0.2) is 0 Å². The maximum absolute atomic E-state index is 11.9. The molecule has 0 aromatic rings. The molecule has 6 nitrogen and oxygen atoms in total. The molecule has 2 aliphatic heterocycles. The zero-order chi connectivity index (χ0) is 12.6. The Kier molecular flexibility index (Phi) is 3.11. The van der Waals surface area contributed by atoms with Crippen LogP contribution in [0, 0.1) is 0 Å². The number of amides is 2. The Morgan fingerprint density at radius 2 is 2.12 bits per heavy atom. The van der Waals surface area contributed by atoms with Crippen LogP contribution in [0.2, 0.25) is 0 Å². The van der Waals surface area contributed by atoms with Crippen LogP contribution in [-0.4, -0.2) is 55.8 Å². The monoisotopic (exact) mass is 260 g/mol. The topological polar surface area (TPSA) is 83.6 Å². The molecular formula is C10H16N2O4S. The van der Waals surface area contributed by atoms with Gasteiger partial charge in [0.1, 0.15) is 6.04 Å². The minimum Gasteiger partial charge on any atom is -0.351 e. The largest absolute Gasteiger partial charge is 0.351 e. The van der Waals surface area contributed by atoms with Gasteiger partial charge < -0.3 is 10.2 Å². The summed E-state index contributed by atoms with van der Waals surface area (Å²) in [6, 6.07) is -0.734. The van der Waals surface area contributed by atoms with Crippen molar-refractivity contribution in [2.75, 3.05) is 18.6 Å². The zero-order valence-electron chi connectivity index (χ0n) is 9.68. The van der Waals surface area contributed by atoms with Gasteiger partial charge in [-0.05, 0) is 12.8 Å². The maximum Gasteiger partial charge on any atom is 0.243 e. The van der Waals surface area contributed by atoms with Gasteiger partial charge in [-0.25, -0.2) is 8.42 Å². The van der Waals surface area contributed by atoms with Crippen molar-refractivity contribution in [1.29, 1.82) is 0 Å². The number of carbonyl (C=O) groups is 2. The van der Waals surface area contributed by atoms with Gasteiger partial charge in [-0.2, -0.15) is 0 Å². The summed E-state index contributed by atoms with van der Waals surface area (Å²) in [6.45, 7) is 0. The van der Waals surface area contributed by atoms with Crippen molar-refractivity contribution in [3.8, 4) is 0 Å². The number of sulfone groups is 1. The lowest BCUT2D eigenvalue weighted by molar-refractivity contribution is -0.134. The van der Waals surface area contributed by atoms with Crippen LogP contribution < -0.4 is 5.32 Å². The lowest BCUT2D eigenvalue weighted by Gasteiger charge is -2.21. The van der Waals surface area contributed by atoms with E-state index in [2.05, 4.69) is 5.32 Å². The summed E-state index contributed by atoms with van der Waals surface area (Å²) < 4.78 is 22.5. The molecule has 0 radical (unpaired) electrons. The Morgan fingerprint density at radius 3 is 2.59 bits per heavy atom. The van der Waals surface area contributed by atoms with Crippen LogP contribution in [0.4, 0.5) is 0 Å². The van der Waals surface area contributed by atoms with Crippen LogP contribution in [0.25, 0.3) is 0 Å². The molecule has 2 aliphatic rings. The Hall–Kier alpha value is -1.11. The van der Waals surface area contributed by atoms with Crippen molar-refractivity contribution in [3.05, 3.63) is 0 Å². The number of likely N-dealkylation sites (tertiary alicyclic amines) is 1. The Labute approximate surface area is 100 Å². The van der Waals surface area contributed by atoms with Gasteiger partial charge in [0.2, 0.25) is 11.8 Å². The highest BCUT2D eigenvalue weighted by Crippen LogP contribution is 2.18. The van der Waals surface area contributed by atoms with Crippen LogP contribution >= 0.6 is 0 Å². The fourth-order valence-corrected chi connectivity index (χ4v) is 3.99. The average molecular weight is 260 g/mol. The van der Waals surface area contributed by atoms with Crippen LogP contribution in [0.1, 0.15) is 19.3 Å². The molecule has 2 amide bonds. The zero-order valence-corrected chi connectivity index (χ0v) is 10.5. The van der Waals surface area contributed by atoms with Crippen LogP contribution in [0.5, 0.6) is 0 Å². The second-order valence-electron chi connectivity index (χ2n) is 4.67. The van der Waals surface area contributed by atoms with E-state index in [-0.39, 0.29) is 29.4 Å². The molecule has 17 heavy (non-hydrogen) atoms. The van der Waals surface area contributed by atoms with Crippen molar-refractivity contribution in [1.82, 2.24) is 10.2 Å². The standard InChI is InChI=1S/C10H16N2O4S/c1-12-8(2-3-9(12)13)10(14)11-7-4-5-17(15,16)6-7/h7-8H,2-6H2,1H3,(H,11,14). The number of hydrogen-bond acceptors (Lipinski definition) is 4. The first kappa shape index (κ1) is 12.3. The van der Waals surface area contributed by atoms with E-state index in [4.69, 9.17) is 0 Å². The van der Waals surface area contributed by atoms with Gasteiger partial charge >= 0.3 is 0 Å². The minimum absolute atomic E-state index is 0.0170. The van der Waals surface area contributed by atoms with Crippen molar-refractivity contribution < 1.29 is 18.0 Å². The molecule has 0 aromatic carbocycles. The molecule has 2 rings (SSSR count). The van der Waals surface area contributed by atoms with E-state index in [0.717, 1.165) is 0 Å². The highest BCUT2D eigenvalue weighted by Gasteiger charge is 2.36. The van der Waals surface area contributed by atoms with Crippen molar-refractivity contribution in [2.45, 2.75) is 31.3 Å². The second kappa shape index (κ2) is 4.29. The van der Waals surface area contributed by atoms with E-state index in [1.165, 1.54) is 4.90 Å². The van der Waals surface area contributed by atoms with Crippen molar-refractivity contribution in [3.63, 3.8) is 0 Å². The van der Waals surface area contributed by atoms with E-state index in [9.17, 15) is 18.0 Å². The third-order valence-corrected chi connectivity index (χ3v) is 5.14. The normalized spacial score (nSPS) is 31.8. The van der Waals surface area contributed by atoms with Gasteiger partial charge in [0.25, 0.3) is 0 Å². The van der Waals surface area contributed by atoms with Gasteiger partial charge in [-0.15, -0.1) is 0 Å². The summed E-state index contributed by atoms with van der Waals surface area (Å²) in [4.78, 5) is 24.6. The Bertz CT molecular complexity index is 445. The van der Waals surface area contributed by atoms with Gasteiger partial charge in [-0.1, -0.05) is 0 Å². The van der Waals surface area contributed by atoms with E-state index in [1.807, 2.05) is 0 Å². The van der Waals surface area contributed by atoms with Gasteiger partial charge in [0.15, 0.2) is 9.84 Å². The predicted octanol–water partition coefficient (Wildman–Crippen LogP) is -1.09. The summed E-state index contributed by atoms with van der Waals surface area (Å²) in [5.74, 6) is -0.120. The van der Waals surface area contributed by atoms with E-state index < -0.39 is 15.9 Å². The number of rotatable bonds is 2. The van der Waals surface area contributed by atoms with E-state index in [0.29, 0.717) is 19.3 Å². The number of nitrogens with zero attached hydrogens (tertiary/aromatic N) is 1. The number of likely N-dealkylation sites (N-methyl/N-ethyl adjacent to an activating group) is 1. The first-order chi connectivity index (χ1) is 7.89. The first-order valence-electron chi connectivity index (χ1n) is 5.65. The summed E-state index contributed by atoms with van der Waals surface area (Å²) in [5.41, 5.74) is 0. The molecule has 96 valence electrons. The highest BCUT2D eigenvalue weighted by atomic mass is 32.2. The minimum atomic E-state index is -2.98. The molecule has 2 atom stereocenters. The molecule has 0 aliphatic carbocycles. The van der Waals surface area contributed by atoms with Gasteiger partial charge in [0.05, 0.1) is 11.5 Å². The fraction of sp³-hybridized carbons (Fsp3) is 0.800. The third kappa shape index (κ3) is 2.59. The van der Waals surface area contributed by atoms with E-state index >= 15 is 0 Å². The highest BCUT2D eigenvalue weighted by molar-refractivity contribution is 7.91. The molecule has 1 N–H and O–H groups in total. The fourth-order valence-electron chi connectivity index (χ4n) is 2.32. The Morgan fingerprint density at radius 1 is 1.41 bits per heavy atom. The number of nitrogens with one attached hydrogen (secondary N) is 1.